The first-order valence-electron chi connectivity index (χ1n) is 7.21. The smallest absolute Gasteiger partial charge is 0.0930 e. The van der Waals surface area contributed by atoms with Gasteiger partial charge in [0, 0.05) is 17.5 Å². The minimum absolute atomic E-state index is 0.712. The number of hydrogen-bond donors (Lipinski definition) is 1. The monoisotopic (exact) mass is 266 g/mol. The van der Waals surface area contributed by atoms with Crippen molar-refractivity contribution in [2.75, 3.05) is 6.54 Å². The Morgan fingerprint density at radius 1 is 1.39 bits per heavy atom. The van der Waals surface area contributed by atoms with Crippen molar-refractivity contribution in [1.82, 2.24) is 4.98 Å². The van der Waals surface area contributed by atoms with E-state index in [1.54, 1.807) is 0 Å². The van der Waals surface area contributed by atoms with E-state index in [1.807, 2.05) is 11.3 Å². The molecular weight excluding hydrogens is 240 g/mol. The van der Waals surface area contributed by atoms with Crippen LogP contribution in [0, 0.1) is 30.6 Å². The molecule has 102 valence electrons. The molecule has 0 saturated heterocycles. The molecule has 0 amide bonds. The zero-order valence-electron chi connectivity index (χ0n) is 11.9. The van der Waals surface area contributed by atoms with E-state index in [2.05, 4.69) is 31.1 Å². The van der Waals surface area contributed by atoms with Gasteiger partial charge in [0.25, 0.3) is 0 Å². The van der Waals surface area contributed by atoms with Crippen molar-refractivity contribution < 1.29 is 0 Å². The highest BCUT2D eigenvalue weighted by Crippen LogP contribution is 2.39. The Labute approximate surface area is 115 Å². The van der Waals surface area contributed by atoms with E-state index < -0.39 is 0 Å². The largest absolute Gasteiger partial charge is 0.330 e. The minimum atomic E-state index is 0.712. The molecule has 1 aromatic heterocycles. The quantitative estimate of drug-likeness (QED) is 0.903. The Kier molecular flexibility index (Phi) is 4.79. The maximum absolute atomic E-state index is 5.96. The molecule has 0 spiro atoms. The lowest BCUT2D eigenvalue weighted by Crippen LogP contribution is -2.33. The summed E-state index contributed by atoms with van der Waals surface area (Å²) in [6.45, 7) is 7.65. The summed E-state index contributed by atoms with van der Waals surface area (Å²) in [5.41, 5.74) is 7.12. The fraction of sp³-hybridized carbons (Fsp3) is 0.800. The maximum Gasteiger partial charge on any atom is 0.0930 e. The van der Waals surface area contributed by atoms with Gasteiger partial charge in [-0.05, 0) is 56.4 Å². The van der Waals surface area contributed by atoms with Gasteiger partial charge in [0.2, 0.25) is 0 Å². The molecule has 1 aromatic rings. The van der Waals surface area contributed by atoms with Crippen LogP contribution in [0.5, 0.6) is 0 Å². The third kappa shape index (κ3) is 3.33. The number of nitrogens with two attached hydrogens (primary N) is 1. The van der Waals surface area contributed by atoms with Gasteiger partial charge in [-0.15, -0.1) is 11.3 Å². The number of aromatic nitrogens is 1. The van der Waals surface area contributed by atoms with Crippen LogP contribution in [0.15, 0.2) is 5.38 Å². The molecule has 0 aliphatic heterocycles. The molecule has 0 bridgehead atoms. The zero-order chi connectivity index (χ0) is 13.1. The third-order valence-electron chi connectivity index (χ3n) is 4.53. The standard InChI is InChI=1S/C15H26N2S/c1-10(2)12-4-5-13(8-16)14(6-12)7-15-17-11(3)9-18-15/h9-10,12-14H,4-8,16H2,1-3H3. The normalized spacial score (nSPS) is 28.8. The first-order valence-corrected chi connectivity index (χ1v) is 8.09. The molecule has 3 heteroatoms. The second kappa shape index (κ2) is 6.16. The minimum Gasteiger partial charge on any atom is -0.330 e. The van der Waals surface area contributed by atoms with Crippen LogP contribution in [0.1, 0.15) is 43.8 Å². The molecule has 0 aromatic carbocycles. The molecule has 3 atom stereocenters. The Morgan fingerprint density at radius 2 is 2.17 bits per heavy atom. The summed E-state index contributed by atoms with van der Waals surface area (Å²) in [6.07, 6.45) is 5.17. The van der Waals surface area contributed by atoms with E-state index in [0.29, 0.717) is 5.92 Å². The lowest BCUT2D eigenvalue weighted by Gasteiger charge is -2.37. The molecule has 0 radical (unpaired) electrons. The molecule has 18 heavy (non-hydrogen) atoms. The van der Waals surface area contributed by atoms with Crippen LogP contribution in [0.2, 0.25) is 0 Å². The van der Waals surface area contributed by atoms with Gasteiger partial charge in [-0.2, -0.15) is 0 Å². The number of hydrogen-bond acceptors (Lipinski definition) is 3. The number of aryl methyl sites for hydroxylation is 1. The summed E-state index contributed by atoms with van der Waals surface area (Å²) in [4.78, 5) is 4.62. The van der Waals surface area contributed by atoms with E-state index in [-0.39, 0.29) is 0 Å². The van der Waals surface area contributed by atoms with Crippen LogP contribution < -0.4 is 5.73 Å². The van der Waals surface area contributed by atoms with E-state index >= 15 is 0 Å². The molecule has 2 rings (SSSR count). The molecule has 1 saturated carbocycles. The average molecular weight is 266 g/mol. The molecule has 1 aliphatic rings. The summed E-state index contributed by atoms with van der Waals surface area (Å²) in [6, 6.07) is 0. The van der Waals surface area contributed by atoms with Crippen molar-refractivity contribution >= 4 is 11.3 Å². The number of thiazole rings is 1. The number of nitrogens with zero attached hydrogens (tertiary/aromatic N) is 1. The molecule has 1 fully saturated rings. The molecular formula is C15H26N2S. The maximum atomic E-state index is 5.96. The van der Waals surface area contributed by atoms with Gasteiger partial charge in [-0.25, -0.2) is 4.98 Å². The van der Waals surface area contributed by atoms with Crippen LogP contribution in [0.4, 0.5) is 0 Å². The van der Waals surface area contributed by atoms with E-state index in [9.17, 15) is 0 Å². The Bertz CT molecular complexity index is 372. The lowest BCUT2D eigenvalue weighted by atomic mass is 9.69. The Balaban J connectivity index is 2.02. The summed E-state index contributed by atoms with van der Waals surface area (Å²) < 4.78 is 0. The van der Waals surface area contributed by atoms with Gasteiger partial charge in [0.05, 0.1) is 5.01 Å². The van der Waals surface area contributed by atoms with Crippen molar-refractivity contribution in [2.45, 2.75) is 46.5 Å². The molecule has 1 heterocycles. The fourth-order valence-electron chi connectivity index (χ4n) is 3.25. The van der Waals surface area contributed by atoms with Crippen molar-refractivity contribution in [3.63, 3.8) is 0 Å². The van der Waals surface area contributed by atoms with E-state index in [0.717, 1.165) is 36.4 Å². The predicted molar refractivity (Wildman–Crippen MR) is 78.8 cm³/mol. The lowest BCUT2D eigenvalue weighted by molar-refractivity contribution is 0.151. The second-order valence-electron chi connectivity index (χ2n) is 6.16. The highest BCUT2D eigenvalue weighted by Gasteiger charge is 2.31. The van der Waals surface area contributed by atoms with Crippen molar-refractivity contribution in [3.05, 3.63) is 16.1 Å². The highest BCUT2D eigenvalue weighted by molar-refractivity contribution is 7.09. The topological polar surface area (TPSA) is 38.9 Å². The Hall–Kier alpha value is -0.410. The first-order chi connectivity index (χ1) is 8.60. The van der Waals surface area contributed by atoms with Crippen LogP contribution >= 0.6 is 11.3 Å². The molecule has 2 N–H and O–H groups in total. The van der Waals surface area contributed by atoms with Crippen molar-refractivity contribution in [2.24, 2.45) is 29.4 Å². The van der Waals surface area contributed by atoms with Gasteiger partial charge in [0.15, 0.2) is 0 Å². The summed E-state index contributed by atoms with van der Waals surface area (Å²) in [7, 11) is 0. The Morgan fingerprint density at radius 3 is 2.72 bits per heavy atom. The second-order valence-corrected chi connectivity index (χ2v) is 7.10. The SMILES string of the molecule is Cc1csc(CC2CC(C(C)C)CCC2CN)n1. The van der Waals surface area contributed by atoms with Gasteiger partial charge in [-0.1, -0.05) is 13.8 Å². The van der Waals surface area contributed by atoms with Crippen LogP contribution in [0.25, 0.3) is 0 Å². The molecule has 1 aliphatic carbocycles. The first kappa shape index (κ1) is 14.0. The van der Waals surface area contributed by atoms with Crippen molar-refractivity contribution in [1.29, 1.82) is 0 Å². The van der Waals surface area contributed by atoms with Crippen LogP contribution in [-0.2, 0) is 6.42 Å². The summed E-state index contributed by atoms with van der Waals surface area (Å²) in [5.74, 6) is 3.16. The van der Waals surface area contributed by atoms with E-state index in [1.165, 1.54) is 24.3 Å². The summed E-state index contributed by atoms with van der Waals surface area (Å²) in [5, 5.41) is 3.47. The predicted octanol–water partition coefficient (Wildman–Crippen LogP) is 3.64. The molecule has 3 unspecified atom stereocenters. The highest BCUT2D eigenvalue weighted by atomic mass is 32.1. The average Bonchev–Trinajstić information content (AvgIpc) is 2.74. The van der Waals surface area contributed by atoms with Gasteiger partial charge in [0.1, 0.15) is 0 Å². The zero-order valence-corrected chi connectivity index (χ0v) is 12.7. The molecule has 2 nitrogen and oxygen atoms in total. The fourth-order valence-corrected chi connectivity index (χ4v) is 4.12. The summed E-state index contributed by atoms with van der Waals surface area (Å²) >= 11 is 1.81. The van der Waals surface area contributed by atoms with Crippen LogP contribution in [0.3, 0.4) is 0 Å². The van der Waals surface area contributed by atoms with Crippen molar-refractivity contribution in [3.8, 4) is 0 Å². The van der Waals surface area contributed by atoms with Gasteiger partial charge >= 0.3 is 0 Å². The number of rotatable bonds is 4. The van der Waals surface area contributed by atoms with Crippen LogP contribution in [-0.4, -0.2) is 11.5 Å². The van der Waals surface area contributed by atoms with Gasteiger partial charge in [-0.3, -0.25) is 0 Å². The third-order valence-corrected chi connectivity index (χ3v) is 5.52. The van der Waals surface area contributed by atoms with Gasteiger partial charge < -0.3 is 5.73 Å². The van der Waals surface area contributed by atoms with E-state index in [4.69, 9.17) is 5.73 Å².